The lowest BCUT2D eigenvalue weighted by atomic mass is 10.1. The minimum atomic E-state index is -4.56. The number of alkyl halides is 3. The standard InChI is InChI=1S/C16H12F3N3O4/c1-3-13(23)26-14(24)4-5-22-9-20-15(21-22)10-6-11(16(17,18)19)8-12(7-10)25-2/h3-9H,1H2,2H3. The highest BCUT2D eigenvalue weighted by molar-refractivity contribution is 5.97. The van der Waals surface area contributed by atoms with Gasteiger partial charge in [0.15, 0.2) is 5.82 Å². The van der Waals surface area contributed by atoms with Crippen molar-refractivity contribution in [1.29, 1.82) is 0 Å². The summed E-state index contributed by atoms with van der Waals surface area (Å²) in [5, 5.41) is 3.93. The number of benzene rings is 1. The van der Waals surface area contributed by atoms with E-state index < -0.39 is 23.7 Å². The van der Waals surface area contributed by atoms with Crippen LogP contribution in [0.25, 0.3) is 17.6 Å². The molecule has 26 heavy (non-hydrogen) atoms. The maximum Gasteiger partial charge on any atom is 0.416 e. The first kappa shape index (κ1) is 18.9. The van der Waals surface area contributed by atoms with E-state index in [1.165, 1.54) is 19.5 Å². The SMILES string of the molecule is C=CC(=O)OC(=O)C=Cn1cnc(-c2cc(OC)cc(C(F)(F)F)c2)n1. The first-order valence-corrected chi connectivity index (χ1v) is 6.97. The molecule has 0 saturated carbocycles. The Hall–Kier alpha value is -3.43. The molecular formula is C16H12F3N3O4. The van der Waals surface area contributed by atoms with E-state index in [2.05, 4.69) is 21.4 Å². The van der Waals surface area contributed by atoms with E-state index in [-0.39, 0.29) is 17.1 Å². The molecule has 0 atom stereocenters. The van der Waals surface area contributed by atoms with Gasteiger partial charge in [0, 0.05) is 23.9 Å². The molecule has 0 N–H and O–H groups in total. The van der Waals surface area contributed by atoms with Gasteiger partial charge in [-0.2, -0.15) is 13.2 Å². The Labute approximate surface area is 145 Å². The number of carbonyl (C=O) groups excluding carboxylic acids is 2. The van der Waals surface area contributed by atoms with E-state index in [1.807, 2.05) is 0 Å². The van der Waals surface area contributed by atoms with Crippen molar-refractivity contribution >= 4 is 18.1 Å². The van der Waals surface area contributed by atoms with Gasteiger partial charge in [-0.1, -0.05) is 6.58 Å². The third kappa shape index (κ3) is 4.79. The van der Waals surface area contributed by atoms with E-state index in [0.29, 0.717) is 0 Å². The second-order valence-corrected chi connectivity index (χ2v) is 4.76. The minimum absolute atomic E-state index is 0.00627. The van der Waals surface area contributed by atoms with Crippen molar-refractivity contribution in [3.8, 4) is 17.1 Å². The smallest absolute Gasteiger partial charge is 0.416 e. The number of ether oxygens (including phenoxy) is 2. The maximum absolute atomic E-state index is 12.9. The summed E-state index contributed by atoms with van der Waals surface area (Å²) in [4.78, 5) is 26.1. The molecule has 0 bridgehead atoms. The number of esters is 2. The highest BCUT2D eigenvalue weighted by Gasteiger charge is 2.31. The lowest BCUT2D eigenvalue weighted by molar-refractivity contribution is -0.152. The van der Waals surface area contributed by atoms with Crippen molar-refractivity contribution in [3.05, 3.63) is 48.8 Å². The molecule has 0 aliphatic carbocycles. The van der Waals surface area contributed by atoms with Crippen LogP contribution in [0.5, 0.6) is 5.75 Å². The molecule has 2 rings (SSSR count). The van der Waals surface area contributed by atoms with Crippen molar-refractivity contribution in [1.82, 2.24) is 14.8 Å². The van der Waals surface area contributed by atoms with Gasteiger partial charge >= 0.3 is 18.1 Å². The average molecular weight is 367 g/mol. The Morgan fingerprint density at radius 2 is 1.96 bits per heavy atom. The fourth-order valence-corrected chi connectivity index (χ4v) is 1.80. The molecular weight excluding hydrogens is 355 g/mol. The zero-order chi connectivity index (χ0) is 19.3. The van der Waals surface area contributed by atoms with Crippen molar-refractivity contribution in [3.63, 3.8) is 0 Å². The Kier molecular flexibility index (Phi) is 5.55. The lowest BCUT2D eigenvalue weighted by Crippen LogP contribution is -2.07. The van der Waals surface area contributed by atoms with Gasteiger partial charge in [-0.25, -0.2) is 19.3 Å². The second-order valence-electron chi connectivity index (χ2n) is 4.76. The number of hydrogen-bond acceptors (Lipinski definition) is 6. The largest absolute Gasteiger partial charge is 0.497 e. The van der Waals surface area contributed by atoms with Crippen LogP contribution in [0, 0.1) is 0 Å². The van der Waals surface area contributed by atoms with Crippen molar-refractivity contribution in [2.24, 2.45) is 0 Å². The van der Waals surface area contributed by atoms with Crippen LogP contribution < -0.4 is 4.74 Å². The van der Waals surface area contributed by atoms with Crippen molar-refractivity contribution in [2.75, 3.05) is 7.11 Å². The zero-order valence-corrected chi connectivity index (χ0v) is 13.4. The van der Waals surface area contributed by atoms with E-state index in [9.17, 15) is 22.8 Å². The summed E-state index contributed by atoms with van der Waals surface area (Å²) in [6.45, 7) is 3.14. The molecule has 7 nitrogen and oxygen atoms in total. The second kappa shape index (κ2) is 7.64. The third-order valence-corrected chi connectivity index (χ3v) is 2.97. The molecule has 0 fully saturated rings. The van der Waals surface area contributed by atoms with E-state index in [0.717, 1.165) is 35.2 Å². The number of halogens is 3. The van der Waals surface area contributed by atoms with Gasteiger partial charge in [0.2, 0.25) is 0 Å². The number of aromatic nitrogens is 3. The molecule has 1 aromatic heterocycles. The van der Waals surface area contributed by atoms with Crippen molar-refractivity contribution in [2.45, 2.75) is 6.18 Å². The number of methoxy groups -OCH3 is 1. The molecule has 0 amide bonds. The number of rotatable bonds is 5. The van der Waals surface area contributed by atoms with Crippen LogP contribution in [0.4, 0.5) is 13.2 Å². The predicted octanol–water partition coefficient (Wildman–Crippen LogP) is 2.70. The van der Waals surface area contributed by atoms with Crippen LogP contribution in [0.2, 0.25) is 0 Å². The normalized spacial score (nSPS) is 11.4. The maximum atomic E-state index is 12.9. The van der Waals surface area contributed by atoms with E-state index in [4.69, 9.17) is 4.74 Å². The Balaban J connectivity index is 2.25. The molecule has 0 aliphatic rings. The molecule has 1 heterocycles. The molecule has 0 spiro atoms. The summed E-state index contributed by atoms with van der Waals surface area (Å²) in [6.07, 6.45) is -0.554. The Bertz CT molecular complexity index is 872. The van der Waals surface area contributed by atoms with Crippen LogP contribution in [-0.2, 0) is 20.5 Å². The molecule has 136 valence electrons. The molecule has 1 aromatic carbocycles. The van der Waals surface area contributed by atoms with E-state index >= 15 is 0 Å². The number of nitrogens with zero attached hydrogens (tertiary/aromatic N) is 3. The van der Waals surface area contributed by atoms with Gasteiger partial charge in [0.25, 0.3) is 0 Å². The van der Waals surface area contributed by atoms with Crippen LogP contribution in [-0.4, -0.2) is 33.8 Å². The monoisotopic (exact) mass is 367 g/mol. The molecule has 0 saturated heterocycles. The van der Waals surface area contributed by atoms with Gasteiger partial charge < -0.3 is 9.47 Å². The Morgan fingerprint density at radius 3 is 2.58 bits per heavy atom. The van der Waals surface area contributed by atoms with Crippen molar-refractivity contribution < 1.29 is 32.2 Å². The molecule has 10 heteroatoms. The number of hydrogen-bond donors (Lipinski definition) is 0. The summed E-state index contributed by atoms with van der Waals surface area (Å²) >= 11 is 0. The van der Waals surface area contributed by atoms with Gasteiger partial charge in [0.1, 0.15) is 12.1 Å². The summed E-state index contributed by atoms with van der Waals surface area (Å²) in [7, 11) is 1.24. The molecule has 0 aliphatic heterocycles. The zero-order valence-electron chi connectivity index (χ0n) is 13.4. The predicted molar refractivity (Wildman–Crippen MR) is 83.6 cm³/mol. The highest BCUT2D eigenvalue weighted by atomic mass is 19.4. The fourth-order valence-electron chi connectivity index (χ4n) is 1.80. The summed E-state index contributed by atoms with van der Waals surface area (Å²) in [5.74, 6) is -1.91. The van der Waals surface area contributed by atoms with Gasteiger partial charge in [-0.05, 0) is 18.2 Å². The molecule has 0 radical (unpaired) electrons. The topological polar surface area (TPSA) is 83.3 Å². The average Bonchev–Trinajstić information content (AvgIpc) is 3.07. The Morgan fingerprint density at radius 1 is 1.23 bits per heavy atom. The first-order chi connectivity index (χ1) is 12.2. The van der Waals surface area contributed by atoms with E-state index in [1.54, 1.807) is 0 Å². The quantitative estimate of drug-likeness (QED) is 0.459. The van der Waals surface area contributed by atoms with Gasteiger partial charge in [0.05, 0.1) is 12.7 Å². The van der Waals surface area contributed by atoms with Crippen LogP contribution in [0.15, 0.2) is 43.3 Å². The highest BCUT2D eigenvalue weighted by Crippen LogP contribution is 2.34. The summed E-state index contributed by atoms with van der Waals surface area (Å²) in [6, 6.07) is 3.07. The summed E-state index contributed by atoms with van der Waals surface area (Å²) in [5.41, 5.74) is -0.835. The van der Waals surface area contributed by atoms with Crippen LogP contribution in [0.1, 0.15) is 5.56 Å². The lowest BCUT2D eigenvalue weighted by Gasteiger charge is -2.10. The summed E-state index contributed by atoms with van der Waals surface area (Å²) < 4.78 is 49.1. The first-order valence-electron chi connectivity index (χ1n) is 6.97. The number of carbonyl (C=O) groups is 2. The van der Waals surface area contributed by atoms with Crippen LogP contribution >= 0.6 is 0 Å². The van der Waals surface area contributed by atoms with Crippen LogP contribution in [0.3, 0.4) is 0 Å². The third-order valence-electron chi connectivity index (χ3n) is 2.97. The molecule has 0 unspecified atom stereocenters. The molecule has 2 aromatic rings. The minimum Gasteiger partial charge on any atom is -0.497 e. The van der Waals surface area contributed by atoms with Gasteiger partial charge in [-0.3, -0.25) is 0 Å². The fraction of sp³-hybridized carbons (Fsp3) is 0.125. The van der Waals surface area contributed by atoms with Gasteiger partial charge in [-0.15, -0.1) is 5.10 Å².